The van der Waals surface area contributed by atoms with Gasteiger partial charge in [-0.25, -0.2) is 0 Å². The Morgan fingerprint density at radius 1 is 1.47 bits per heavy atom. The van der Waals surface area contributed by atoms with Crippen molar-refractivity contribution in [2.75, 3.05) is 11.9 Å². The lowest BCUT2D eigenvalue weighted by molar-refractivity contribution is -0.389. The van der Waals surface area contributed by atoms with Crippen molar-refractivity contribution in [2.24, 2.45) is 0 Å². The molecule has 0 radical (unpaired) electrons. The first kappa shape index (κ1) is 12.4. The summed E-state index contributed by atoms with van der Waals surface area (Å²) in [5.74, 6) is 0.591. The zero-order valence-corrected chi connectivity index (χ0v) is 11.6. The second-order valence-electron chi connectivity index (χ2n) is 4.97. The second kappa shape index (κ2) is 4.80. The molecule has 1 saturated carbocycles. The molecule has 0 atom stereocenters. The third-order valence-corrected chi connectivity index (χ3v) is 4.61. The van der Waals surface area contributed by atoms with Crippen LogP contribution in [-0.2, 0) is 0 Å². The van der Waals surface area contributed by atoms with Crippen LogP contribution in [0.15, 0.2) is 11.6 Å². The minimum atomic E-state index is -0.332. The molecule has 1 aliphatic carbocycles. The standard InChI is InChI=1S/C12H16N4O2S/c1-14(9-5-3-2-4-6-9)10-11(16(17)18)15-7-8-19-12(15)13-10/h7-9H,2-6H2,1H3. The van der Waals surface area contributed by atoms with E-state index in [0.29, 0.717) is 16.8 Å². The van der Waals surface area contributed by atoms with Crippen LogP contribution in [0.5, 0.6) is 0 Å². The Balaban J connectivity index is 2.00. The Bertz CT molecular complexity index is 600. The van der Waals surface area contributed by atoms with Crippen LogP contribution < -0.4 is 4.90 Å². The molecule has 1 aliphatic rings. The molecule has 0 spiro atoms. The number of aromatic nitrogens is 2. The molecule has 0 aromatic carbocycles. The summed E-state index contributed by atoms with van der Waals surface area (Å²) in [5.41, 5.74) is 0. The van der Waals surface area contributed by atoms with Crippen LogP contribution in [0, 0.1) is 10.1 Å². The van der Waals surface area contributed by atoms with Crippen molar-refractivity contribution in [1.29, 1.82) is 0 Å². The average molecular weight is 280 g/mol. The number of hydrogen-bond acceptors (Lipinski definition) is 5. The molecule has 2 aromatic heterocycles. The molecule has 0 aliphatic heterocycles. The van der Waals surface area contributed by atoms with E-state index in [4.69, 9.17) is 0 Å². The molecule has 2 heterocycles. The highest BCUT2D eigenvalue weighted by Gasteiger charge is 2.30. The minimum Gasteiger partial charge on any atom is -0.358 e. The first-order valence-electron chi connectivity index (χ1n) is 6.51. The van der Waals surface area contributed by atoms with E-state index in [1.165, 1.54) is 30.6 Å². The Labute approximate surface area is 114 Å². The van der Waals surface area contributed by atoms with E-state index in [9.17, 15) is 10.1 Å². The summed E-state index contributed by atoms with van der Waals surface area (Å²) in [6, 6.07) is 0.372. The molecule has 19 heavy (non-hydrogen) atoms. The van der Waals surface area contributed by atoms with Crippen molar-refractivity contribution in [3.05, 3.63) is 21.7 Å². The smallest absolute Gasteiger partial charge is 0.358 e. The lowest BCUT2D eigenvalue weighted by Gasteiger charge is -2.30. The summed E-state index contributed by atoms with van der Waals surface area (Å²) >= 11 is 1.42. The highest BCUT2D eigenvalue weighted by Crippen LogP contribution is 2.34. The molecule has 0 saturated heterocycles. The summed E-state index contributed by atoms with van der Waals surface area (Å²) < 4.78 is 1.57. The van der Waals surface area contributed by atoms with Crippen LogP contribution in [0.3, 0.4) is 0 Å². The number of hydrogen-bond donors (Lipinski definition) is 0. The van der Waals surface area contributed by atoms with Gasteiger partial charge in [0.1, 0.15) is 6.20 Å². The second-order valence-corrected chi connectivity index (χ2v) is 5.85. The number of fused-ring (bicyclic) bond motifs is 1. The molecule has 0 amide bonds. The summed E-state index contributed by atoms with van der Waals surface area (Å²) in [6.07, 6.45) is 7.57. The van der Waals surface area contributed by atoms with E-state index in [1.54, 1.807) is 10.6 Å². The molecular formula is C12H16N4O2S. The van der Waals surface area contributed by atoms with Gasteiger partial charge in [-0.3, -0.25) is 0 Å². The first-order chi connectivity index (χ1) is 9.18. The number of imidazole rings is 1. The quantitative estimate of drug-likeness (QED) is 0.640. The number of rotatable bonds is 3. The van der Waals surface area contributed by atoms with Crippen LogP contribution >= 0.6 is 11.3 Å². The van der Waals surface area contributed by atoms with Crippen molar-refractivity contribution < 1.29 is 4.92 Å². The first-order valence-corrected chi connectivity index (χ1v) is 7.39. The van der Waals surface area contributed by atoms with E-state index >= 15 is 0 Å². The van der Waals surface area contributed by atoms with Crippen molar-refractivity contribution in [1.82, 2.24) is 9.38 Å². The highest BCUT2D eigenvalue weighted by atomic mass is 32.1. The number of nitrogens with zero attached hydrogens (tertiary/aromatic N) is 4. The van der Waals surface area contributed by atoms with Gasteiger partial charge in [0, 0.05) is 18.5 Å². The topological polar surface area (TPSA) is 63.7 Å². The fraction of sp³-hybridized carbons (Fsp3) is 0.583. The maximum Gasteiger partial charge on any atom is 0.373 e. The van der Waals surface area contributed by atoms with E-state index in [-0.39, 0.29) is 10.7 Å². The number of thiazole rings is 1. The maximum absolute atomic E-state index is 11.3. The number of anilines is 1. The van der Waals surface area contributed by atoms with Crippen LogP contribution in [0.4, 0.5) is 11.6 Å². The van der Waals surface area contributed by atoms with Crippen molar-refractivity contribution in [2.45, 2.75) is 38.1 Å². The zero-order valence-electron chi connectivity index (χ0n) is 10.8. The largest absolute Gasteiger partial charge is 0.373 e. The fourth-order valence-corrected chi connectivity index (χ4v) is 3.51. The lowest BCUT2D eigenvalue weighted by atomic mass is 9.94. The molecule has 3 rings (SSSR count). The van der Waals surface area contributed by atoms with Gasteiger partial charge in [-0.05, 0) is 17.8 Å². The Kier molecular flexibility index (Phi) is 3.14. The Hall–Kier alpha value is -1.63. The normalized spacial score (nSPS) is 16.9. The van der Waals surface area contributed by atoms with Crippen molar-refractivity contribution >= 4 is 27.9 Å². The molecule has 6 nitrogen and oxygen atoms in total. The lowest BCUT2D eigenvalue weighted by Crippen LogP contribution is -2.34. The predicted molar refractivity (Wildman–Crippen MR) is 75.0 cm³/mol. The molecule has 0 N–H and O–H groups in total. The van der Waals surface area contributed by atoms with E-state index < -0.39 is 0 Å². The molecular weight excluding hydrogens is 264 g/mol. The van der Waals surface area contributed by atoms with Gasteiger partial charge >= 0.3 is 5.82 Å². The Morgan fingerprint density at radius 2 is 2.21 bits per heavy atom. The molecule has 0 bridgehead atoms. The average Bonchev–Trinajstić information content (AvgIpc) is 2.98. The number of nitro groups is 1. The van der Waals surface area contributed by atoms with Crippen LogP contribution in [-0.4, -0.2) is 27.4 Å². The van der Waals surface area contributed by atoms with Crippen LogP contribution in [0.1, 0.15) is 32.1 Å². The zero-order chi connectivity index (χ0) is 13.4. The predicted octanol–water partition coefficient (Wildman–Crippen LogP) is 3.07. The van der Waals surface area contributed by atoms with Crippen LogP contribution in [0.2, 0.25) is 0 Å². The third-order valence-electron chi connectivity index (χ3n) is 3.85. The van der Waals surface area contributed by atoms with Crippen molar-refractivity contribution in [3.8, 4) is 0 Å². The van der Waals surface area contributed by atoms with Gasteiger partial charge in [-0.2, -0.15) is 9.38 Å². The molecule has 2 aromatic rings. The van der Waals surface area contributed by atoms with Gasteiger partial charge in [-0.1, -0.05) is 30.6 Å². The van der Waals surface area contributed by atoms with Gasteiger partial charge in [-0.15, -0.1) is 0 Å². The monoisotopic (exact) mass is 280 g/mol. The van der Waals surface area contributed by atoms with Gasteiger partial charge < -0.3 is 15.0 Å². The summed E-state index contributed by atoms with van der Waals surface area (Å²) in [4.78, 5) is 18.1. The summed E-state index contributed by atoms with van der Waals surface area (Å²) in [7, 11) is 1.93. The summed E-state index contributed by atoms with van der Waals surface area (Å²) in [5, 5.41) is 13.1. The molecule has 1 fully saturated rings. The highest BCUT2D eigenvalue weighted by molar-refractivity contribution is 7.15. The molecule has 7 heteroatoms. The van der Waals surface area contributed by atoms with Gasteiger partial charge in [0.05, 0.1) is 0 Å². The molecule has 102 valence electrons. The minimum absolute atomic E-state index is 0.0873. The van der Waals surface area contributed by atoms with Crippen LogP contribution in [0.25, 0.3) is 4.96 Å². The Morgan fingerprint density at radius 3 is 2.89 bits per heavy atom. The maximum atomic E-state index is 11.3. The third kappa shape index (κ3) is 2.07. The fourth-order valence-electron chi connectivity index (χ4n) is 2.81. The van der Waals surface area contributed by atoms with E-state index in [2.05, 4.69) is 4.98 Å². The van der Waals surface area contributed by atoms with E-state index in [1.807, 2.05) is 17.3 Å². The van der Waals surface area contributed by atoms with Gasteiger partial charge in [0.15, 0.2) is 0 Å². The van der Waals surface area contributed by atoms with Crippen molar-refractivity contribution in [3.63, 3.8) is 0 Å². The van der Waals surface area contributed by atoms with Gasteiger partial charge in [0.25, 0.3) is 4.96 Å². The van der Waals surface area contributed by atoms with E-state index in [0.717, 1.165) is 12.8 Å². The SMILES string of the molecule is CN(c1nc2sccn2c1[N+](=O)[O-])C1CCCCC1. The molecule has 0 unspecified atom stereocenters. The van der Waals surface area contributed by atoms with Gasteiger partial charge in [0.2, 0.25) is 5.82 Å². The summed E-state index contributed by atoms with van der Waals surface area (Å²) in [6.45, 7) is 0.